The molecule has 0 amide bonds. The summed E-state index contributed by atoms with van der Waals surface area (Å²) in [5.74, 6) is 0.517. The van der Waals surface area contributed by atoms with Crippen molar-refractivity contribution in [3.05, 3.63) is 0 Å². The van der Waals surface area contributed by atoms with Gasteiger partial charge in [-0.05, 0) is 12.8 Å². The Morgan fingerprint density at radius 2 is 1.94 bits per heavy atom. The Labute approximate surface area is 97.3 Å². The molecule has 5 heteroatoms. The molecule has 0 bridgehead atoms. The van der Waals surface area contributed by atoms with Crippen molar-refractivity contribution in [2.75, 3.05) is 32.8 Å². The third-order valence-electron chi connectivity index (χ3n) is 3.19. The molecule has 3 N–H and O–H groups in total. The van der Waals surface area contributed by atoms with Crippen molar-refractivity contribution in [2.24, 2.45) is 10.7 Å². The first-order valence-corrected chi connectivity index (χ1v) is 5.96. The Morgan fingerprint density at radius 1 is 1.38 bits per heavy atom. The molecule has 1 aliphatic heterocycles. The Balaban J connectivity index is 2.48. The summed E-state index contributed by atoms with van der Waals surface area (Å²) < 4.78 is 5.24. The number of nitrogens with zero attached hydrogens (tertiary/aromatic N) is 2. The summed E-state index contributed by atoms with van der Waals surface area (Å²) in [6.45, 7) is 7.26. The van der Waals surface area contributed by atoms with Crippen LogP contribution in [0.1, 0.15) is 26.7 Å². The van der Waals surface area contributed by atoms with E-state index in [4.69, 9.17) is 10.5 Å². The lowest BCUT2D eigenvalue weighted by atomic mass is 9.98. The quantitative estimate of drug-likeness (QED) is 0.533. The van der Waals surface area contributed by atoms with E-state index in [-0.39, 0.29) is 0 Å². The van der Waals surface area contributed by atoms with Gasteiger partial charge >= 0.3 is 0 Å². The predicted molar refractivity (Wildman–Crippen MR) is 64.4 cm³/mol. The molecule has 1 rings (SSSR count). The highest BCUT2D eigenvalue weighted by Gasteiger charge is 2.22. The van der Waals surface area contributed by atoms with Crippen LogP contribution >= 0.6 is 0 Å². The molecule has 1 aliphatic rings. The number of aliphatic hydroxyl groups is 1. The standard InChI is InChI=1S/C11H23N3O2/c1-3-11(15,4-2)9-13-10(12)14-5-7-16-8-6-14/h15H,3-9H2,1-2H3,(H2,12,13). The van der Waals surface area contributed by atoms with Crippen LogP contribution in [0.15, 0.2) is 4.99 Å². The molecule has 0 atom stereocenters. The molecule has 1 fully saturated rings. The third-order valence-corrected chi connectivity index (χ3v) is 3.19. The van der Waals surface area contributed by atoms with Crippen LogP contribution in [0.3, 0.4) is 0 Å². The summed E-state index contributed by atoms with van der Waals surface area (Å²) in [7, 11) is 0. The van der Waals surface area contributed by atoms with E-state index in [9.17, 15) is 5.11 Å². The second-order valence-electron chi connectivity index (χ2n) is 4.21. The van der Waals surface area contributed by atoms with Gasteiger partial charge in [0, 0.05) is 13.1 Å². The van der Waals surface area contributed by atoms with Crippen LogP contribution in [0.4, 0.5) is 0 Å². The molecular weight excluding hydrogens is 206 g/mol. The number of rotatable bonds is 4. The number of hydrogen-bond acceptors (Lipinski definition) is 3. The highest BCUT2D eigenvalue weighted by Crippen LogP contribution is 2.14. The molecule has 0 saturated carbocycles. The summed E-state index contributed by atoms with van der Waals surface area (Å²) in [4.78, 5) is 6.27. The van der Waals surface area contributed by atoms with Gasteiger partial charge in [0.1, 0.15) is 0 Å². The van der Waals surface area contributed by atoms with Crippen molar-refractivity contribution < 1.29 is 9.84 Å². The average Bonchev–Trinajstić information content (AvgIpc) is 2.36. The van der Waals surface area contributed by atoms with Gasteiger partial charge in [0.05, 0.1) is 25.4 Å². The molecule has 0 aliphatic carbocycles. The Hall–Kier alpha value is -0.810. The maximum absolute atomic E-state index is 10.1. The second-order valence-corrected chi connectivity index (χ2v) is 4.21. The highest BCUT2D eigenvalue weighted by molar-refractivity contribution is 5.78. The molecule has 5 nitrogen and oxygen atoms in total. The first-order valence-electron chi connectivity index (χ1n) is 5.96. The number of aliphatic imine (C=N–C) groups is 1. The Morgan fingerprint density at radius 3 is 2.44 bits per heavy atom. The number of ether oxygens (including phenoxy) is 1. The molecule has 94 valence electrons. The minimum absolute atomic E-state index is 0.378. The topological polar surface area (TPSA) is 71.1 Å². The van der Waals surface area contributed by atoms with Crippen LogP contribution in [0, 0.1) is 0 Å². The van der Waals surface area contributed by atoms with E-state index >= 15 is 0 Å². The fraction of sp³-hybridized carbons (Fsp3) is 0.909. The van der Waals surface area contributed by atoms with Crippen LogP contribution < -0.4 is 5.73 Å². The molecule has 0 aromatic rings. The van der Waals surface area contributed by atoms with E-state index in [2.05, 4.69) is 4.99 Å². The van der Waals surface area contributed by atoms with Crippen molar-refractivity contribution >= 4 is 5.96 Å². The first-order chi connectivity index (χ1) is 7.61. The summed E-state index contributed by atoms with van der Waals surface area (Å²) >= 11 is 0. The summed E-state index contributed by atoms with van der Waals surface area (Å²) in [5.41, 5.74) is 5.16. The lowest BCUT2D eigenvalue weighted by molar-refractivity contribution is 0.0407. The number of hydrogen-bond donors (Lipinski definition) is 2. The summed E-state index contributed by atoms with van der Waals surface area (Å²) in [6, 6.07) is 0. The van der Waals surface area contributed by atoms with Crippen LogP contribution in [-0.4, -0.2) is 54.4 Å². The molecule has 1 saturated heterocycles. The van der Waals surface area contributed by atoms with Crippen molar-refractivity contribution in [2.45, 2.75) is 32.3 Å². The van der Waals surface area contributed by atoms with E-state index in [1.54, 1.807) is 0 Å². The van der Waals surface area contributed by atoms with Gasteiger partial charge in [-0.25, -0.2) is 0 Å². The molecule has 16 heavy (non-hydrogen) atoms. The minimum atomic E-state index is -0.711. The van der Waals surface area contributed by atoms with Crippen molar-refractivity contribution in [3.63, 3.8) is 0 Å². The van der Waals surface area contributed by atoms with Gasteiger partial charge in [-0.2, -0.15) is 0 Å². The van der Waals surface area contributed by atoms with Crippen LogP contribution in [0.2, 0.25) is 0 Å². The molecular formula is C11H23N3O2. The molecule has 1 heterocycles. The van der Waals surface area contributed by atoms with Crippen LogP contribution in [0.5, 0.6) is 0 Å². The maximum atomic E-state index is 10.1. The van der Waals surface area contributed by atoms with Crippen molar-refractivity contribution in [1.29, 1.82) is 0 Å². The second kappa shape index (κ2) is 6.06. The van der Waals surface area contributed by atoms with Gasteiger partial charge in [0.2, 0.25) is 0 Å². The van der Waals surface area contributed by atoms with Crippen molar-refractivity contribution in [1.82, 2.24) is 4.90 Å². The number of nitrogens with two attached hydrogens (primary N) is 1. The van der Waals surface area contributed by atoms with Crippen LogP contribution in [-0.2, 0) is 4.74 Å². The monoisotopic (exact) mass is 229 g/mol. The average molecular weight is 229 g/mol. The van der Waals surface area contributed by atoms with Gasteiger partial charge < -0.3 is 20.5 Å². The fourth-order valence-corrected chi connectivity index (χ4v) is 1.59. The van der Waals surface area contributed by atoms with E-state index < -0.39 is 5.60 Å². The largest absolute Gasteiger partial charge is 0.388 e. The smallest absolute Gasteiger partial charge is 0.191 e. The minimum Gasteiger partial charge on any atom is -0.388 e. The predicted octanol–water partition coefficient (Wildman–Crippen LogP) is 0.184. The van der Waals surface area contributed by atoms with E-state index in [1.807, 2.05) is 18.7 Å². The lowest BCUT2D eigenvalue weighted by Gasteiger charge is -2.29. The zero-order valence-electron chi connectivity index (χ0n) is 10.3. The van der Waals surface area contributed by atoms with E-state index in [0.29, 0.717) is 38.6 Å². The molecule has 0 aromatic carbocycles. The fourth-order valence-electron chi connectivity index (χ4n) is 1.59. The van der Waals surface area contributed by atoms with Crippen LogP contribution in [0.25, 0.3) is 0 Å². The highest BCUT2D eigenvalue weighted by atomic mass is 16.5. The number of guanidine groups is 1. The molecule has 0 aromatic heterocycles. The molecule has 0 spiro atoms. The third kappa shape index (κ3) is 3.64. The summed E-state index contributed by atoms with van der Waals surface area (Å²) in [6.07, 6.45) is 1.40. The molecule has 0 unspecified atom stereocenters. The van der Waals surface area contributed by atoms with Gasteiger partial charge in [-0.15, -0.1) is 0 Å². The van der Waals surface area contributed by atoms with Gasteiger partial charge in [-0.3, -0.25) is 4.99 Å². The van der Waals surface area contributed by atoms with Gasteiger partial charge in [0.15, 0.2) is 5.96 Å². The number of morpholine rings is 1. The Kier molecular flexibility index (Phi) is 5.02. The van der Waals surface area contributed by atoms with Gasteiger partial charge in [0.25, 0.3) is 0 Å². The Bertz CT molecular complexity index is 233. The van der Waals surface area contributed by atoms with E-state index in [1.165, 1.54) is 0 Å². The lowest BCUT2D eigenvalue weighted by Crippen LogP contribution is -2.45. The molecule has 0 radical (unpaired) electrons. The normalized spacial score (nSPS) is 18.9. The summed E-state index contributed by atoms with van der Waals surface area (Å²) in [5, 5.41) is 10.1. The maximum Gasteiger partial charge on any atom is 0.191 e. The first kappa shape index (κ1) is 13.3. The SMILES string of the molecule is CCC(O)(CC)CN=C(N)N1CCOCC1. The van der Waals surface area contributed by atoms with Crippen molar-refractivity contribution in [3.8, 4) is 0 Å². The zero-order valence-corrected chi connectivity index (χ0v) is 10.3. The van der Waals surface area contributed by atoms with Gasteiger partial charge in [-0.1, -0.05) is 13.8 Å². The van der Waals surface area contributed by atoms with E-state index in [0.717, 1.165) is 13.1 Å². The zero-order chi connectivity index (χ0) is 12.0.